The van der Waals surface area contributed by atoms with E-state index < -0.39 is 0 Å². The second kappa shape index (κ2) is 1.91. The fourth-order valence-electron chi connectivity index (χ4n) is 0.240. The summed E-state index contributed by atoms with van der Waals surface area (Å²) >= 11 is 6.71. The number of aromatic amines is 1. The standard InChI is InChI=1S/C2H2IN3S/c3-6-2(7)4-1-5-6/h1H,(H,4,5,7). The molecule has 0 saturated heterocycles. The van der Waals surface area contributed by atoms with E-state index in [1.165, 1.54) is 0 Å². The smallest absolute Gasteiger partial charge is 0.204 e. The van der Waals surface area contributed by atoms with E-state index in [2.05, 4.69) is 10.1 Å². The lowest BCUT2D eigenvalue weighted by molar-refractivity contribution is 1.04. The summed E-state index contributed by atoms with van der Waals surface area (Å²) in [5, 5.41) is 3.76. The van der Waals surface area contributed by atoms with Crippen molar-refractivity contribution < 1.29 is 0 Å². The van der Waals surface area contributed by atoms with E-state index in [-0.39, 0.29) is 0 Å². The molecule has 0 radical (unpaired) electrons. The van der Waals surface area contributed by atoms with Crippen LogP contribution in [0.5, 0.6) is 0 Å². The van der Waals surface area contributed by atoms with E-state index in [0.717, 1.165) is 0 Å². The van der Waals surface area contributed by atoms with Crippen LogP contribution in [0.3, 0.4) is 0 Å². The summed E-state index contributed by atoms with van der Waals surface area (Å²) in [5.41, 5.74) is 0. The lowest BCUT2D eigenvalue weighted by atomic mass is 11.3. The monoisotopic (exact) mass is 227 g/mol. The van der Waals surface area contributed by atoms with E-state index in [9.17, 15) is 0 Å². The molecule has 0 spiro atoms. The lowest BCUT2D eigenvalue weighted by Gasteiger charge is -1.73. The van der Waals surface area contributed by atoms with Gasteiger partial charge >= 0.3 is 0 Å². The number of H-pyrrole nitrogens is 1. The van der Waals surface area contributed by atoms with Crippen LogP contribution in [-0.2, 0) is 0 Å². The molecule has 1 N–H and O–H groups in total. The molecule has 0 fully saturated rings. The Kier molecular flexibility index (Phi) is 1.43. The minimum atomic E-state index is 0.639. The summed E-state index contributed by atoms with van der Waals surface area (Å²) in [6, 6.07) is 0. The second-order valence-corrected chi connectivity index (χ2v) is 2.25. The molecule has 0 aliphatic heterocycles. The minimum Gasteiger partial charge on any atom is -0.320 e. The first-order valence-electron chi connectivity index (χ1n) is 1.59. The molecule has 0 amide bonds. The quantitative estimate of drug-likeness (QED) is 0.532. The summed E-state index contributed by atoms with van der Waals surface area (Å²) in [6.07, 6.45) is 1.55. The van der Waals surface area contributed by atoms with E-state index in [0.29, 0.717) is 4.77 Å². The van der Waals surface area contributed by atoms with Gasteiger partial charge in [0.1, 0.15) is 6.33 Å². The van der Waals surface area contributed by atoms with Gasteiger partial charge in [-0.1, -0.05) is 0 Å². The Morgan fingerprint density at radius 3 is 2.86 bits per heavy atom. The van der Waals surface area contributed by atoms with Gasteiger partial charge < -0.3 is 4.98 Å². The van der Waals surface area contributed by atoms with Crippen molar-refractivity contribution in [3.63, 3.8) is 0 Å². The van der Waals surface area contributed by atoms with Crippen molar-refractivity contribution in [1.29, 1.82) is 0 Å². The van der Waals surface area contributed by atoms with Crippen molar-refractivity contribution in [1.82, 2.24) is 13.0 Å². The van der Waals surface area contributed by atoms with Crippen LogP contribution in [0.15, 0.2) is 6.33 Å². The first-order chi connectivity index (χ1) is 3.30. The summed E-state index contributed by atoms with van der Waals surface area (Å²) < 4.78 is 2.20. The molecular formula is C2H2IN3S. The number of aromatic nitrogens is 3. The molecular weight excluding hydrogens is 225 g/mol. The average molecular weight is 227 g/mol. The van der Waals surface area contributed by atoms with E-state index >= 15 is 0 Å². The highest BCUT2D eigenvalue weighted by molar-refractivity contribution is 14.1. The van der Waals surface area contributed by atoms with Crippen molar-refractivity contribution in [3.8, 4) is 0 Å². The predicted octanol–water partition coefficient (Wildman–Crippen LogP) is 1.14. The fourth-order valence-corrected chi connectivity index (χ4v) is 0.604. The average Bonchev–Trinajstić information content (AvgIpc) is 1.91. The van der Waals surface area contributed by atoms with Crippen LogP contribution in [0.1, 0.15) is 0 Å². The molecule has 0 bridgehead atoms. The Hall–Kier alpha value is 0.0900. The molecule has 0 aliphatic rings. The number of rotatable bonds is 0. The maximum atomic E-state index is 4.72. The zero-order valence-corrected chi connectivity index (χ0v) is 6.23. The zero-order valence-electron chi connectivity index (χ0n) is 3.26. The van der Waals surface area contributed by atoms with Gasteiger partial charge in [-0.2, -0.15) is 7.99 Å². The first kappa shape index (κ1) is 5.23. The third kappa shape index (κ3) is 1.00. The molecule has 0 saturated carbocycles. The van der Waals surface area contributed by atoms with Crippen LogP contribution in [0.25, 0.3) is 0 Å². The van der Waals surface area contributed by atoms with Crippen molar-refractivity contribution >= 4 is 35.1 Å². The number of halogens is 1. The third-order valence-electron chi connectivity index (χ3n) is 0.515. The highest BCUT2D eigenvalue weighted by Crippen LogP contribution is 1.88. The summed E-state index contributed by atoms with van der Waals surface area (Å²) in [4.78, 5) is 2.73. The number of hydrogen-bond donors (Lipinski definition) is 1. The molecule has 1 aromatic rings. The topological polar surface area (TPSA) is 33.6 Å². The molecule has 1 rings (SSSR count). The van der Waals surface area contributed by atoms with Gasteiger partial charge in [-0.15, -0.1) is 0 Å². The maximum absolute atomic E-state index is 4.72. The predicted molar refractivity (Wildman–Crippen MR) is 36.8 cm³/mol. The van der Waals surface area contributed by atoms with Crippen LogP contribution >= 0.6 is 35.1 Å². The van der Waals surface area contributed by atoms with Gasteiger partial charge in [0.05, 0.1) is 22.9 Å². The lowest BCUT2D eigenvalue weighted by Crippen LogP contribution is -1.76. The highest BCUT2D eigenvalue weighted by atomic mass is 127. The van der Waals surface area contributed by atoms with Gasteiger partial charge in [-0.3, -0.25) is 0 Å². The molecule has 0 atom stereocenters. The minimum absolute atomic E-state index is 0.639. The molecule has 0 aromatic carbocycles. The Labute approximate surface area is 59.2 Å². The highest BCUT2D eigenvalue weighted by Gasteiger charge is 1.80. The van der Waals surface area contributed by atoms with Crippen LogP contribution in [0.2, 0.25) is 0 Å². The number of nitrogens with zero attached hydrogens (tertiary/aromatic N) is 2. The third-order valence-corrected chi connectivity index (χ3v) is 1.86. The number of nitrogens with one attached hydrogen (secondary N) is 1. The van der Waals surface area contributed by atoms with Crippen molar-refractivity contribution in [2.75, 3.05) is 0 Å². The van der Waals surface area contributed by atoms with Crippen LogP contribution in [0.4, 0.5) is 0 Å². The summed E-state index contributed by atoms with van der Waals surface area (Å²) in [5.74, 6) is 0. The molecule has 1 aromatic heterocycles. The molecule has 5 heteroatoms. The Bertz CT molecular complexity index is 201. The van der Waals surface area contributed by atoms with Gasteiger partial charge in [-0.05, 0) is 12.2 Å². The van der Waals surface area contributed by atoms with Crippen LogP contribution in [-0.4, -0.2) is 13.0 Å². The normalized spacial score (nSPS) is 9.29. The van der Waals surface area contributed by atoms with Crippen LogP contribution in [0, 0.1) is 4.77 Å². The molecule has 3 nitrogen and oxygen atoms in total. The Morgan fingerprint density at radius 1 is 2.00 bits per heavy atom. The molecule has 38 valence electrons. The van der Waals surface area contributed by atoms with Gasteiger partial charge in [-0.25, -0.2) is 0 Å². The fraction of sp³-hybridized carbons (Fsp3) is 0. The van der Waals surface area contributed by atoms with E-state index in [1.807, 2.05) is 22.9 Å². The van der Waals surface area contributed by atoms with Crippen molar-refractivity contribution in [2.24, 2.45) is 0 Å². The number of hydrogen-bond acceptors (Lipinski definition) is 2. The van der Waals surface area contributed by atoms with E-state index in [4.69, 9.17) is 12.2 Å². The zero-order chi connectivity index (χ0) is 5.28. The van der Waals surface area contributed by atoms with Gasteiger partial charge in [0.15, 0.2) is 0 Å². The van der Waals surface area contributed by atoms with Gasteiger partial charge in [0, 0.05) is 0 Å². The first-order valence-corrected chi connectivity index (χ1v) is 2.97. The molecule has 0 unspecified atom stereocenters. The molecule has 7 heavy (non-hydrogen) atoms. The van der Waals surface area contributed by atoms with E-state index in [1.54, 1.807) is 9.22 Å². The molecule has 0 aliphatic carbocycles. The SMILES string of the molecule is S=c1[nH]cnn1I. The van der Waals surface area contributed by atoms with Crippen molar-refractivity contribution in [3.05, 3.63) is 11.1 Å². The van der Waals surface area contributed by atoms with Crippen molar-refractivity contribution in [2.45, 2.75) is 0 Å². The summed E-state index contributed by atoms with van der Waals surface area (Å²) in [7, 11) is 0. The second-order valence-electron chi connectivity index (χ2n) is 0.954. The molecule has 1 heterocycles. The van der Waals surface area contributed by atoms with Gasteiger partial charge in [0.2, 0.25) is 4.77 Å². The van der Waals surface area contributed by atoms with Gasteiger partial charge in [0.25, 0.3) is 0 Å². The maximum Gasteiger partial charge on any atom is 0.204 e. The Balaban J connectivity index is 3.39. The van der Waals surface area contributed by atoms with Crippen LogP contribution < -0.4 is 0 Å². The summed E-state index contributed by atoms with van der Waals surface area (Å²) in [6.45, 7) is 0. The largest absolute Gasteiger partial charge is 0.320 e. The Morgan fingerprint density at radius 2 is 2.71 bits per heavy atom.